The summed E-state index contributed by atoms with van der Waals surface area (Å²) in [6.45, 7) is 0. The highest BCUT2D eigenvalue weighted by Crippen LogP contribution is 2.21. The van der Waals surface area contributed by atoms with Gasteiger partial charge in [0.1, 0.15) is 0 Å². The van der Waals surface area contributed by atoms with Crippen LogP contribution >= 0.6 is 11.8 Å². The number of carbonyl (C=O) groups excluding carboxylic acids is 3. The highest BCUT2D eigenvalue weighted by Gasteiger charge is 2.10. The van der Waals surface area contributed by atoms with Crippen LogP contribution < -0.4 is 16.4 Å². The minimum Gasteiger partial charge on any atom is -0.478 e. The van der Waals surface area contributed by atoms with E-state index >= 15 is 0 Å². The molecule has 0 aliphatic heterocycles. The van der Waals surface area contributed by atoms with Crippen LogP contribution in [-0.4, -0.2) is 34.6 Å². The van der Waals surface area contributed by atoms with Crippen LogP contribution in [0.1, 0.15) is 10.4 Å². The molecule has 0 radical (unpaired) electrons. The van der Waals surface area contributed by atoms with Crippen LogP contribution in [0.3, 0.4) is 0 Å². The Hall–Kier alpha value is -3.59. The Morgan fingerprint density at radius 2 is 1.64 bits per heavy atom. The van der Waals surface area contributed by atoms with Gasteiger partial charge < -0.3 is 21.5 Å². The van der Waals surface area contributed by atoms with Crippen molar-refractivity contribution in [2.24, 2.45) is 5.73 Å². The molecule has 0 aromatic heterocycles. The summed E-state index contributed by atoms with van der Waals surface area (Å²) in [5, 5.41) is 13.6. The van der Waals surface area contributed by atoms with Crippen molar-refractivity contribution in [3.8, 4) is 0 Å². The normalized spacial score (nSPS) is 10.4. The molecule has 5 N–H and O–H groups in total. The fourth-order valence-corrected chi connectivity index (χ4v) is 2.81. The van der Waals surface area contributed by atoms with Crippen molar-refractivity contribution in [1.82, 2.24) is 0 Å². The van der Waals surface area contributed by atoms with Crippen LogP contribution in [0.5, 0.6) is 0 Å². The molecule has 28 heavy (non-hydrogen) atoms. The van der Waals surface area contributed by atoms with Crippen LogP contribution in [0.2, 0.25) is 0 Å². The first-order valence-electron chi connectivity index (χ1n) is 7.98. The molecule has 2 aromatic rings. The molecule has 2 aromatic carbocycles. The van der Waals surface area contributed by atoms with E-state index in [1.807, 2.05) is 0 Å². The van der Waals surface area contributed by atoms with Crippen LogP contribution in [0, 0.1) is 0 Å². The molecule has 0 fully saturated rings. The second-order valence-corrected chi connectivity index (χ2v) is 6.48. The number of aliphatic carboxylic acids is 1. The summed E-state index contributed by atoms with van der Waals surface area (Å²) in [5.74, 6) is -2.58. The Morgan fingerprint density at radius 3 is 2.29 bits per heavy atom. The van der Waals surface area contributed by atoms with Crippen molar-refractivity contribution in [1.29, 1.82) is 0 Å². The zero-order chi connectivity index (χ0) is 20.5. The number of hydrogen-bond donors (Lipinski definition) is 4. The lowest BCUT2D eigenvalue weighted by Crippen LogP contribution is -2.19. The number of para-hydroxylation sites is 1. The molecule has 144 valence electrons. The number of carboxylic acids is 1. The maximum absolute atomic E-state index is 12.1. The zero-order valence-electron chi connectivity index (χ0n) is 14.5. The van der Waals surface area contributed by atoms with Crippen LogP contribution in [0.4, 0.5) is 11.4 Å². The monoisotopic (exact) mass is 399 g/mol. The van der Waals surface area contributed by atoms with E-state index in [9.17, 15) is 19.2 Å². The average Bonchev–Trinajstić information content (AvgIpc) is 2.66. The van der Waals surface area contributed by atoms with Gasteiger partial charge in [-0.3, -0.25) is 14.4 Å². The Balaban J connectivity index is 1.88. The van der Waals surface area contributed by atoms with Gasteiger partial charge in [-0.2, -0.15) is 0 Å². The van der Waals surface area contributed by atoms with Gasteiger partial charge >= 0.3 is 5.97 Å². The van der Waals surface area contributed by atoms with E-state index in [-0.39, 0.29) is 17.2 Å². The molecular formula is C19H17N3O5S. The first-order chi connectivity index (χ1) is 13.3. The zero-order valence-corrected chi connectivity index (χ0v) is 15.4. The molecule has 0 atom stereocenters. The molecule has 0 spiro atoms. The predicted octanol–water partition coefficient (Wildman–Crippen LogP) is 2.10. The number of thioether (sulfide) groups is 1. The lowest BCUT2D eigenvalue weighted by molar-refractivity contribution is -0.131. The van der Waals surface area contributed by atoms with Crippen molar-refractivity contribution in [2.75, 3.05) is 16.4 Å². The highest BCUT2D eigenvalue weighted by molar-refractivity contribution is 8.00. The Labute approximate surface area is 164 Å². The van der Waals surface area contributed by atoms with Gasteiger partial charge in [0.15, 0.2) is 0 Å². The molecule has 0 unspecified atom stereocenters. The van der Waals surface area contributed by atoms with Crippen molar-refractivity contribution in [3.05, 3.63) is 66.2 Å². The number of carboxylic acid groups (broad SMARTS) is 1. The minimum atomic E-state index is -1.21. The number of nitrogens with one attached hydrogen (secondary N) is 2. The molecule has 8 nitrogen and oxygen atoms in total. The maximum Gasteiger partial charge on any atom is 0.328 e. The predicted molar refractivity (Wildman–Crippen MR) is 106 cm³/mol. The molecule has 0 heterocycles. The number of nitrogens with two attached hydrogens (primary N) is 1. The summed E-state index contributed by atoms with van der Waals surface area (Å²) in [6.07, 6.45) is 1.66. The van der Waals surface area contributed by atoms with Crippen LogP contribution in [-0.2, 0) is 14.4 Å². The standard InChI is InChI=1S/C19H17N3O5S/c20-19(27)14-3-1-2-4-15(14)22-17(24)11-28-13-7-5-12(6-8-13)21-16(23)9-10-18(25)26/h1-10H,11H2,(H2,20,27)(H,21,23)(H,22,24)(H,25,26)/b10-9+. The summed E-state index contributed by atoms with van der Waals surface area (Å²) in [4.78, 5) is 46.1. The average molecular weight is 399 g/mol. The van der Waals surface area contributed by atoms with Crippen molar-refractivity contribution in [2.45, 2.75) is 4.90 Å². The van der Waals surface area contributed by atoms with Gasteiger partial charge in [-0.1, -0.05) is 12.1 Å². The molecule has 0 saturated carbocycles. The Morgan fingerprint density at radius 1 is 0.964 bits per heavy atom. The SMILES string of the molecule is NC(=O)c1ccccc1NC(=O)CSc1ccc(NC(=O)/C=C/C(=O)O)cc1. The number of hydrogen-bond acceptors (Lipinski definition) is 5. The molecule has 0 aliphatic carbocycles. The van der Waals surface area contributed by atoms with E-state index in [0.717, 1.165) is 17.0 Å². The van der Waals surface area contributed by atoms with Crippen LogP contribution in [0.15, 0.2) is 65.6 Å². The minimum absolute atomic E-state index is 0.111. The molecule has 3 amide bonds. The van der Waals surface area contributed by atoms with E-state index in [4.69, 9.17) is 10.8 Å². The van der Waals surface area contributed by atoms with Gasteiger partial charge in [0, 0.05) is 22.7 Å². The smallest absolute Gasteiger partial charge is 0.328 e. The number of amides is 3. The number of anilines is 2. The van der Waals surface area contributed by atoms with E-state index < -0.39 is 17.8 Å². The number of carbonyl (C=O) groups is 4. The second kappa shape index (κ2) is 9.93. The number of benzene rings is 2. The molecule has 0 saturated heterocycles. The van der Waals surface area contributed by atoms with E-state index in [2.05, 4.69) is 10.6 Å². The van der Waals surface area contributed by atoms with Crippen molar-refractivity contribution < 1.29 is 24.3 Å². The van der Waals surface area contributed by atoms with Gasteiger partial charge in [0.2, 0.25) is 11.8 Å². The Bertz CT molecular complexity index is 925. The molecular weight excluding hydrogens is 382 g/mol. The van der Waals surface area contributed by atoms with E-state index in [1.54, 1.807) is 42.5 Å². The third kappa shape index (κ3) is 6.61. The van der Waals surface area contributed by atoms with Gasteiger partial charge in [-0.25, -0.2) is 4.79 Å². The summed E-state index contributed by atoms with van der Waals surface area (Å²) in [5.41, 5.74) is 6.36. The third-order valence-electron chi connectivity index (χ3n) is 3.34. The summed E-state index contributed by atoms with van der Waals surface area (Å²) in [6, 6.07) is 13.2. The van der Waals surface area contributed by atoms with E-state index in [0.29, 0.717) is 11.4 Å². The highest BCUT2D eigenvalue weighted by atomic mass is 32.2. The molecule has 9 heteroatoms. The van der Waals surface area contributed by atoms with Gasteiger partial charge in [0.05, 0.1) is 17.0 Å². The third-order valence-corrected chi connectivity index (χ3v) is 4.35. The second-order valence-electron chi connectivity index (χ2n) is 5.43. The first-order valence-corrected chi connectivity index (χ1v) is 8.97. The quantitative estimate of drug-likeness (QED) is 0.396. The van der Waals surface area contributed by atoms with Crippen molar-refractivity contribution >= 4 is 46.8 Å². The largest absolute Gasteiger partial charge is 0.478 e. The fraction of sp³-hybridized carbons (Fsp3) is 0.0526. The Kier molecular flexibility index (Phi) is 7.35. The molecule has 0 aliphatic rings. The summed E-state index contributed by atoms with van der Waals surface area (Å²) < 4.78 is 0. The maximum atomic E-state index is 12.1. The molecule has 2 rings (SSSR count). The lowest BCUT2D eigenvalue weighted by atomic mass is 10.1. The summed E-state index contributed by atoms with van der Waals surface area (Å²) in [7, 11) is 0. The van der Waals surface area contributed by atoms with Gasteiger partial charge in [-0.15, -0.1) is 11.8 Å². The van der Waals surface area contributed by atoms with E-state index in [1.165, 1.54) is 17.8 Å². The van der Waals surface area contributed by atoms with Crippen molar-refractivity contribution in [3.63, 3.8) is 0 Å². The van der Waals surface area contributed by atoms with Gasteiger partial charge in [-0.05, 0) is 36.4 Å². The van der Waals surface area contributed by atoms with Gasteiger partial charge in [0.25, 0.3) is 5.91 Å². The lowest BCUT2D eigenvalue weighted by Gasteiger charge is -2.09. The van der Waals surface area contributed by atoms with Crippen LogP contribution in [0.25, 0.3) is 0 Å². The fourth-order valence-electron chi connectivity index (χ4n) is 2.11. The topological polar surface area (TPSA) is 139 Å². The summed E-state index contributed by atoms with van der Waals surface area (Å²) >= 11 is 1.27. The molecule has 0 bridgehead atoms. The number of rotatable bonds is 8. The number of primary amides is 1. The first kappa shape index (κ1) is 20.7.